The van der Waals surface area contributed by atoms with Gasteiger partial charge in [0.2, 0.25) is 0 Å². The molecule has 122 valence electrons. The first-order chi connectivity index (χ1) is 10.9. The molecule has 1 aromatic carbocycles. The summed E-state index contributed by atoms with van der Waals surface area (Å²) >= 11 is 0. The fraction of sp³-hybridized carbons (Fsp3) is 0.438. The first-order valence-electron chi connectivity index (χ1n) is 7.56. The Morgan fingerprint density at radius 1 is 1.43 bits per heavy atom. The SMILES string of the molecule is CC(C)(O)C1CCCN1C(=O)c1ccc(-n2cncn2)c(F)c1. The molecule has 1 aliphatic rings. The number of hydrogen-bond donors (Lipinski definition) is 1. The van der Waals surface area contributed by atoms with E-state index >= 15 is 0 Å². The maximum atomic E-state index is 14.3. The fourth-order valence-corrected chi connectivity index (χ4v) is 3.07. The fourth-order valence-electron chi connectivity index (χ4n) is 3.07. The van der Waals surface area contributed by atoms with E-state index in [9.17, 15) is 14.3 Å². The molecule has 0 spiro atoms. The van der Waals surface area contributed by atoms with Crippen molar-refractivity contribution in [2.45, 2.75) is 38.3 Å². The van der Waals surface area contributed by atoms with Gasteiger partial charge in [-0.15, -0.1) is 0 Å². The van der Waals surface area contributed by atoms with Crippen molar-refractivity contribution in [2.75, 3.05) is 6.54 Å². The van der Waals surface area contributed by atoms with Gasteiger partial charge in [0.1, 0.15) is 24.2 Å². The maximum Gasteiger partial charge on any atom is 0.254 e. The van der Waals surface area contributed by atoms with E-state index in [-0.39, 0.29) is 23.2 Å². The van der Waals surface area contributed by atoms with Gasteiger partial charge in [0, 0.05) is 12.1 Å². The molecule has 1 amide bonds. The summed E-state index contributed by atoms with van der Waals surface area (Å²) in [6.07, 6.45) is 4.29. The zero-order valence-electron chi connectivity index (χ0n) is 13.1. The van der Waals surface area contributed by atoms with Gasteiger partial charge in [0.05, 0.1) is 11.6 Å². The van der Waals surface area contributed by atoms with Crippen LogP contribution in [-0.2, 0) is 0 Å². The van der Waals surface area contributed by atoms with E-state index in [4.69, 9.17) is 0 Å². The van der Waals surface area contributed by atoms with Gasteiger partial charge in [-0.3, -0.25) is 4.79 Å². The first-order valence-corrected chi connectivity index (χ1v) is 7.56. The van der Waals surface area contributed by atoms with E-state index < -0.39 is 11.4 Å². The predicted octanol–water partition coefficient (Wildman–Crippen LogP) is 1.78. The molecule has 7 heteroatoms. The molecule has 23 heavy (non-hydrogen) atoms. The van der Waals surface area contributed by atoms with Crippen LogP contribution in [0.1, 0.15) is 37.0 Å². The molecule has 1 saturated heterocycles. The van der Waals surface area contributed by atoms with Gasteiger partial charge in [-0.05, 0) is 44.9 Å². The number of carbonyl (C=O) groups excluding carboxylic acids is 1. The van der Waals surface area contributed by atoms with Crippen molar-refractivity contribution in [3.05, 3.63) is 42.2 Å². The highest BCUT2D eigenvalue weighted by Crippen LogP contribution is 2.28. The second kappa shape index (κ2) is 5.73. The highest BCUT2D eigenvalue weighted by atomic mass is 19.1. The third-order valence-electron chi connectivity index (χ3n) is 4.19. The molecule has 0 radical (unpaired) electrons. The molecular formula is C16H19FN4O2. The van der Waals surface area contributed by atoms with Crippen LogP contribution in [0.4, 0.5) is 4.39 Å². The van der Waals surface area contributed by atoms with Crippen LogP contribution in [-0.4, -0.2) is 48.9 Å². The van der Waals surface area contributed by atoms with Gasteiger partial charge in [0.25, 0.3) is 5.91 Å². The topological polar surface area (TPSA) is 71.2 Å². The monoisotopic (exact) mass is 318 g/mol. The van der Waals surface area contributed by atoms with E-state index in [1.165, 1.54) is 29.5 Å². The normalized spacial score (nSPS) is 18.4. The molecule has 1 atom stereocenters. The van der Waals surface area contributed by atoms with Crippen LogP contribution in [0.5, 0.6) is 0 Å². The van der Waals surface area contributed by atoms with Crippen LogP contribution in [0.25, 0.3) is 5.69 Å². The van der Waals surface area contributed by atoms with Crippen molar-refractivity contribution in [3.8, 4) is 5.69 Å². The first kappa shape index (κ1) is 15.6. The van der Waals surface area contributed by atoms with Gasteiger partial charge in [0.15, 0.2) is 0 Å². The number of carbonyl (C=O) groups is 1. The second-order valence-corrected chi connectivity index (χ2v) is 6.32. The number of aliphatic hydroxyl groups is 1. The lowest BCUT2D eigenvalue weighted by atomic mass is 9.96. The number of likely N-dealkylation sites (tertiary alicyclic amines) is 1. The zero-order chi connectivity index (χ0) is 16.6. The molecule has 6 nitrogen and oxygen atoms in total. The van der Waals surface area contributed by atoms with Crippen molar-refractivity contribution in [2.24, 2.45) is 0 Å². The van der Waals surface area contributed by atoms with Crippen molar-refractivity contribution in [3.63, 3.8) is 0 Å². The molecule has 2 heterocycles. The summed E-state index contributed by atoms with van der Waals surface area (Å²) in [5.74, 6) is -0.806. The van der Waals surface area contributed by atoms with Crippen LogP contribution in [0.15, 0.2) is 30.9 Å². The molecule has 1 aliphatic heterocycles. The van der Waals surface area contributed by atoms with Crippen LogP contribution in [0, 0.1) is 5.82 Å². The Morgan fingerprint density at radius 3 is 2.83 bits per heavy atom. The van der Waals surface area contributed by atoms with E-state index in [1.54, 1.807) is 24.8 Å². The summed E-state index contributed by atoms with van der Waals surface area (Å²) in [6.45, 7) is 3.95. The Balaban J connectivity index is 1.87. The number of rotatable bonds is 3. The standard InChI is InChI=1S/C16H19FN4O2/c1-16(2,23)14-4-3-7-20(14)15(22)11-5-6-13(12(17)8-11)21-10-18-9-19-21/h5-6,8-10,14,23H,3-4,7H2,1-2H3. The summed E-state index contributed by atoms with van der Waals surface area (Å²) in [7, 11) is 0. The van der Waals surface area contributed by atoms with Crippen LogP contribution in [0.2, 0.25) is 0 Å². The minimum absolute atomic E-state index is 0.236. The Hall–Kier alpha value is -2.28. The summed E-state index contributed by atoms with van der Waals surface area (Å²) in [6, 6.07) is 4.03. The van der Waals surface area contributed by atoms with Crippen molar-refractivity contribution < 1.29 is 14.3 Å². The lowest BCUT2D eigenvalue weighted by molar-refractivity contribution is 0.000324. The smallest absolute Gasteiger partial charge is 0.254 e. The Morgan fingerprint density at radius 2 is 2.22 bits per heavy atom. The predicted molar refractivity (Wildman–Crippen MR) is 81.7 cm³/mol. The number of amides is 1. The van der Waals surface area contributed by atoms with E-state index in [1.807, 2.05) is 0 Å². The van der Waals surface area contributed by atoms with E-state index in [2.05, 4.69) is 10.1 Å². The Bertz CT molecular complexity index is 709. The number of aromatic nitrogens is 3. The molecule has 1 N–H and O–H groups in total. The van der Waals surface area contributed by atoms with Gasteiger partial charge in [-0.2, -0.15) is 5.10 Å². The van der Waals surface area contributed by atoms with Gasteiger partial charge in [-0.1, -0.05) is 0 Å². The summed E-state index contributed by atoms with van der Waals surface area (Å²) in [5.41, 5.74) is -0.479. The third-order valence-corrected chi connectivity index (χ3v) is 4.19. The summed E-state index contributed by atoms with van der Waals surface area (Å²) < 4.78 is 15.6. The summed E-state index contributed by atoms with van der Waals surface area (Å²) in [5, 5.41) is 14.1. The summed E-state index contributed by atoms with van der Waals surface area (Å²) in [4.78, 5) is 18.1. The molecule has 2 aromatic rings. The largest absolute Gasteiger partial charge is 0.388 e. The maximum absolute atomic E-state index is 14.3. The average Bonchev–Trinajstić information content (AvgIpc) is 3.17. The molecule has 0 bridgehead atoms. The van der Waals surface area contributed by atoms with E-state index in [0.717, 1.165) is 12.8 Å². The number of nitrogens with zero attached hydrogens (tertiary/aromatic N) is 4. The molecule has 0 aliphatic carbocycles. The van der Waals surface area contributed by atoms with Crippen molar-refractivity contribution >= 4 is 5.91 Å². The number of halogens is 1. The van der Waals surface area contributed by atoms with Crippen molar-refractivity contribution in [1.29, 1.82) is 0 Å². The lowest BCUT2D eigenvalue weighted by Crippen LogP contribution is -2.48. The molecule has 3 rings (SSSR count). The number of benzene rings is 1. The van der Waals surface area contributed by atoms with Gasteiger partial charge < -0.3 is 10.0 Å². The molecule has 0 saturated carbocycles. The Labute approximate surface area is 133 Å². The molecule has 1 fully saturated rings. The Kier molecular flexibility index (Phi) is 3.89. The van der Waals surface area contributed by atoms with Gasteiger partial charge >= 0.3 is 0 Å². The number of hydrogen-bond acceptors (Lipinski definition) is 4. The minimum atomic E-state index is -0.981. The van der Waals surface area contributed by atoms with Crippen LogP contribution < -0.4 is 0 Å². The molecule has 1 aromatic heterocycles. The van der Waals surface area contributed by atoms with E-state index in [0.29, 0.717) is 6.54 Å². The zero-order valence-corrected chi connectivity index (χ0v) is 13.1. The third kappa shape index (κ3) is 2.96. The van der Waals surface area contributed by atoms with Crippen LogP contribution in [0.3, 0.4) is 0 Å². The van der Waals surface area contributed by atoms with Crippen molar-refractivity contribution in [1.82, 2.24) is 19.7 Å². The highest BCUT2D eigenvalue weighted by Gasteiger charge is 2.38. The minimum Gasteiger partial charge on any atom is -0.388 e. The highest BCUT2D eigenvalue weighted by molar-refractivity contribution is 5.95. The second-order valence-electron chi connectivity index (χ2n) is 6.32. The molecule has 1 unspecified atom stereocenters. The van der Waals surface area contributed by atoms with Crippen LogP contribution >= 0.6 is 0 Å². The lowest BCUT2D eigenvalue weighted by Gasteiger charge is -2.33. The average molecular weight is 318 g/mol. The quantitative estimate of drug-likeness (QED) is 0.936. The molecular weight excluding hydrogens is 299 g/mol. The van der Waals surface area contributed by atoms with Gasteiger partial charge in [-0.25, -0.2) is 14.1 Å².